The third-order valence-corrected chi connectivity index (χ3v) is 8.10. The maximum Gasteiger partial charge on any atom is 0.211 e. The summed E-state index contributed by atoms with van der Waals surface area (Å²) in [5.74, 6) is 0. The highest BCUT2D eigenvalue weighted by Gasteiger charge is 2.37. The molecule has 0 atom stereocenters. The molecule has 0 aliphatic rings. The summed E-state index contributed by atoms with van der Waals surface area (Å²) in [6.45, 7) is 11.7. The van der Waals surface area contributed by atoms with Crippen LogP contribution in [0.15, 0.2) is 24.3 Å². The summed E-state index contributed by atoms with van der Waals surface area (Å²) < 4.78 is 6.15. The molecule has 1 aromatic rings. The first-order valence-electron chi connectivity index (χ1n) is 6.20. The van der Waals surface area contributed by atoms with Crippen molar-refractivity contribution in [1.82, 2.24) is 0 Å². The minimum atomic E-state index is -1.75. The first kappa shape index (κ1) is 14.9. The average Bonchev–Trinajstić information content (AvgIpc) is 2.27. The molecule has 1 N–H and O–H groups in total. The summed E-state index contributed by atoms with van der Waals surface area (Å²) >= 11 is 0. The van der Waals surface area contributed by atoms with E-state index in [1.54, 1.807) is 0 Å². The molecule has 1 amide bonds. The van der Waals surface area contributed by atoms with Crippen LogP contribution in [0.1, 0.15) is 26.3 Å². The number of hydrogen-bond donors (Lipinski definition) is 1. The second-order valence-electron chi connectivity index (χ2n) is 5.97. The summed E-state index contributed by atoms with van der Waals surface area (Å²) in [5, 5.41) is 2.90. The fourth-order valence-electron chi connectivity index (χ4n) is 1.33. The number of nitrogens with one attached hydrogen (secondary N) is 1. The van der Waals surface area contributed by atoms with E-state index in [-0.39, 0.29) is 5.04 Å². The summed E-state index contributed by atoms with van der Waals surface area (Å²) in [4.78, 5) is 10.5. The van der Waals surface area contributed by atoms with Crippen LogP contribution in [0.3, 0.4) is 0 Å². The van der Waals surface area contributed by atoms with Gasteiger partial charge in [0.05, 0.1) is 6.61 Å². The van der Waals surface area contributed by atoms with Gasteiger partial charge in [-0.15, -0.1) is 0 Å². The first-order valence-corrected chi connectivity index (χ1v) is 9.11. The minimum Gasteiger partial charge on any atom is -0.412 e. The van der Waals surface area contributed by atoms with Crippen molar-refractivity contribution in [3.8, 4) is 0 Å². The van der Waals surface area contributed by atoms with E-state index in [0.717, 1.165) is 11.3 Å². The van der Waals surface area contributed by atoms with Crippen molar-refractivity contribution in [2.24, 2.45) is 0 Å². The Kier molecular flexibility index (Phi) is 4.70. The maximum absolute atomic E-state index is 10.5. The van der Waals surface area contributed by atoms with Crippen LogP contribution in [-0.2, 0) is 15.8 Å². The molecule has 0 unspecified atom stereocenters. The van der Waals surface area contributed by atoms with Crippen molar-refractivity contribution in [2.75, 3.05) is 5.32 Å². The van der Waals surface area contributed by atoms with E-state index in [1.165, 1.54) is 0 Å². The minimum absolute atomic E-state index is 0.194. The van der Waals surface area contributed by atoms with Crippen LogP contribution >= 0.6 is 0 Å². The van der Waals surface area contributed by atoms with Crippen LogP contribution in [0.2, 0.25) is 18.1 Å². The molecule has 0 bridgehead atoms. The number of anilines is 1. The number of carbonyl (C=O) groups is 1. The molecule has 0 aromatic heterocycles. The van der Waals surface area contributed by atoms with Crippen molar-refractivity contribution in [2.45, 2.75) is 45.5 Å². The zero-order valence-corrected chi connectivity index (χ0v) is 12.9. The van der Waals surface area contributed by atoms with Gasteiger partial charge >= 0.3 is 0 Å². The molecule has 3 nitrogen and oxygen atoms in total. The second kappa shape index (κ2) is 5.67. The third-order valence-electron chi connectivity index (χ3n) is 3.63. The Labute approximate surface area is 111 Å². The van der Waals surface area contributed by atoms with E-state index in [2.05, 4.69) is 39.2 Å². The first-order chi connectivity index (χ1) is 8.28. The van der Waals surface area contributed by atoms with Gasteiger partial charge in [-0.1, -0.05) is 39.0 Å². The molecule has 4 heteroatoms. The molecule has 0 saturated heterocycles. The lowest BCUT2D eigenvalue weighted by Gasteiger charge is -2.36. The third kappa shape index (κ3) is 3.68. The second-order valence-corrected chi connectivity index (χ2v) is 10.8. The Bertz CT molecular complexity index is 411. The lowest BCUT2D eigenvalue weighted by molar-refractivity contribution is -0.105. The van der Waals surface area contributed by atoms with Gasteiger partial charge in [-0.3, -0.25) is 4.79 Å². The molecule has 0 radical (unpaired) electrons. The van der Waals surface area contributed by atoms with E-state index >= 15 is 0 Å². The highest BCUT2D eigenvalue weighted by Crippen LogP contribution is 2.37. The van der Waals surface area contributed by atoms with Gasteiger partial charge in [-0.2, -0.15) is 0 Å². The molecule has 0 aliphatic carbocycles. The zero-order valence-electron chi connectivity index (χ0n) is 11.9. The van der Waals surface area contributed by atoms with Gasteiger partial charge in [0, 0.05) is 5.69 Å². The Morgan fingerprint density at radius 1 is 1.28 bits per heavy atom. The quantitative estimate of drug-likeness (QED) is 0.650. The van der Waals surface area contributed by atoms with Crippen LogP contribution in [0, 0.1) is 0 Å². The van der Waals surface area contributed by atoms with E-state index in [0.29, 0.717) is 13.0 Å². The number of hydrogen-bond acceptors (Lipinski definition) is 2. The normalized spacial score (nSPS) is 12.3. The van der Waals surface area contributed by atoms with Gasteiger partial charge in [-0.05, 0) is 29.8 Å². The molecular formula is C14H23NO2Si. The van der Waals surface area contributed by atoms with Gasteiger partial charge < -0.3 is 9.74 Å². The maximum atomic E-state index is 10.5. The monoisotopic (exact) mass is 265 g/mol. The number of carbonyl (C=O) groups excluding carboxylic acids is 1. The molecule has 1 rings (SSSR count). The fourth-order valence-corrected chi connectivity index (χ4v) is 2.27. The van der Waals surface area contributed by atoms with E-state index in [4.69, 9.17) is 4.43 Å². The molecule has 18 heavy (non-hydrogen) atoms. The number of para-hydroxylation sites is 1. The molecule has 0 aliphatic heterocycles. The van der Waals surface area contributed by atoms with Gasteiger partial charge in [0.15, 0.2) is 8.32 Å². The standard InChI is InChI=1S/C14H23NO2Si/c1-14(2,3)18(4,5)17-10-12-8-6-7-9-13(12)15-11-16/h6-9,11H,10H2,1-5H3,(H,15,16). The lowest BCUT2D eigenvalue weighted by atomic mass is 10.2. The molecule has 0 fully saturated rings. The smallest absolute Gasteiger partial charge is 0.211 e. The summed E-state index contributed by atoms with van der Waals surface area (Å²) in [6, 6.07) is 7.74. The molecule has 0 spiro atoms. The van der Waals surface area contributed by atoms with Crippen molar-refractivity contribution < 1.29 is 9.22 Å². The SMILES string of the molecule is CC(C)(C)[Si](C)(C)OCc1ccccc1NC=O. The van der Waals surface area contributed by atoms with E-state index in [9.17, 15) is 4.79 Å². The van der Waals surface area contributed by atoms with E-state index in [1.807, 2.05) is 24.3 Å². The molecule has 0 saturated carbocycles. The largest absolute Gasteiger partial charge is 0.412 e. The molecule has 0 heterocycles. The summed E-state index contributed by atoms with van der Waals surface area (Å²) in [5.41, 5.74) is 1.85. The highest BCUT2D eigenvalue weighted by molar-refractivity contribution is 6.74. The van der Waals surface area contributed by atoms with Gasteiger partial charge in [0.25, 0.3) is 0 Å². The van der Waals surface area contributed by atoms with Gasteiger partial charge in [-0.25, -0.2) is 0 Å². The predicted octanol–water partition coefficient (Wildman–Crippen LogP) is 3.78. The Hall–Kier alpha value is -1.13. The van der Waals surface area contributed by atoms with Crippen LogP contribution in [0.25, 0.3) is 0 Å². The predicted molar refractivity (Wildman–Crippen MR) is 78.1 cm³/mol. The van der Waals surface area contributed by atoms with Crippen molar-refractivity contribution >= 4 is 20.4 Å². The molecule has 1 aromatic carbocycles. The fraction of sp³-hybridized carbons (Fsp3) is 0.500. The van der Waals surface area contributed by atoms with Crippen LogP contribution < -0.4 is 5.32 Å². The van der Waals surface area contributed by atoms with Crippen molar-refractivity contribution in [3.63, 3.8) is 0 Å². The summed E-state index contributed by atoms with van der Waals surface area (Å²) in [7, 11) is -1.75. The summed E-state index contributed by atoms with van der Waals surface area (Å²) in [6.07, 6.45) is 0.700. The average molecular weight is 265 g/mol. The molecular weight excluding hydrogens is 242 g/mol. The zero-order chi connectivity index (χ0) is 13.8. The van der Waals surface area contributed by atoms with Crippen LogP contribution in [-0.4, -0.2) is 14.7 Å². The lowest BCUT2D eigenvalue weighted by Crippen LogP contribution is -2.40. The van der Waals surface area contributed by atoms with Crippen LogP contribution in [0.5, 0.6) is 0 Å². The van der Waals surface area contributed by atoms with Crippen molar-refractivity contribution in [3.05, 3.63) is 29.8 Å². The van der Waals surface area contributed by atoms with Crippen LogP contribution in [0.4, 0.5) is 5.69 Å². The Balaban J connectivity index is 2.77. The number of rotatable bonds is 5. The Morgan fingerprint density at radius 3 is 2.44 bits per heavy atom. The topological polar surface area (TPSA) is 38.3 Å². The molecule has 100 valence electrons. The van der Waals surface area contributed by atoms with Gasteiger partial charge in [0.2, 0.25) is 6.41 Å². The van der Waals surface area contributed by atoms with Gasteiger partial charge in [0.1, 0.15) is 0 Å². The van der Waals surface area contributed by atoms with Crippen molar-refractivity contribution in [1.29, 1.82) is 0 Å². The highest BCUT2D eigenvalue weighted by atomic mass is 28.4. The number of amides is 1. The Morgan fingerprint density at radius 2 is 1.89 bits per heavy atom. The number of benzene rings is 1. The van der Waals surface area contributed by atoms with E-state index < -0.39 is 8.32 Å².